The number of likely N-dealkylation sites (tertiary alicyclic amines) is 1. The largest absolute Gasteiger partial charge is 0.342 e. The van der Waals surface area contributed by atoms with E-state index in [1.165, 1.54) is 6.20 Å². The van der Waals surface area contributed by atoms with Crippen LogP contribution in [0.1, 0.15) is 44.0 Å². The third-order valence-corrected chi connectivity index (χ3v) is 6.70. The maximum atomic E-state index is 13.0. The molecule has 1 aliphatic heterocycles. The maximum absolute atomic E-state index is 13.0. The van der Waals surface area contributed by atoms with Crippen LogP contribution in [0.2, 0.25) is 5.02 Å². The van der Waals surface area contributed by atoms with E-state index in [2.05, 4.69) is 10.3 Å². The van der Waals surface area contributed by atoms with Gasteiger partial charge in [0.05, 0.1) is 21.8 Å². The Balaban J connectivity index is 1.24. The molecule has 2 fully saturated rings. The molecule has 1 saturated carbocycles. The zero-order valence-electron chi connectivity index (χ0n) is 18.7. The summed E-state index contributed by atoms with van der Waals surface area (Å²) in [6.45, 7) is 1.00. The minimum absolute atomic E-state index is 0.0214. The van der Waals surface area contributed by atoms with Crippen molar-refractivity contribution < 1.29 is 9.59 Å². The van der Waals surface area contributed by atoms with Crippen LogP contribution in [0.4, 0.5) is 5.82 Å². The number of benzene rings is 1. The summed E-state index contributed by atoms with van der Waals surface area (Å²) in [7, 11) is 0. The Hall–Kier alpha value is -3.26. The van der Waals surface area contributed by atoms with Crippen LogP contribution >= 0.6 is 11.6 Å². The topological polar surface area (TPSA) is 97.2 Å². The van der Waals surface area contributed by atoms with Gasteiger partial charge in [0.2, 0.25) is 11.8 Å². The highest BCUT2D eigenvalue weighted by Gasteiger charge is 2.30. The second-order valence-corrected chi connectivity index (χ2v) is 9.42. The van der Waals surface area contributed by atoms with E-state index in [1.54, 1.807) is 27.7 Å². The van der Waals surface area contributed by atoms with Crippen LogP contribution in [0.15, 0.2) is 47.4 Å². The first kappa shape index (κ1) is 22.5. The fourth-order valence-electron chi connectivity index (χ4n) is 4.55. The Morgan fingerprint density at radius 3 is 2.71 bits per heavy atom. The van der Waals surface area contributed by atoms with Crippen LogP contribution in [0, 0.1) is 5.92 Å². The third kappa shape index (κ3) is 4.82. The first-order valence-electron chi connectivity index (χ1n) is 11.7. The van der Waals surface area contributed by atoms with Gasteiger partial charge in [0.25, 0.3) is 5.56 Å². The molecule has 2 amide bonds. The maximum Gasteiger partial charge on any atom is 0.261 e. The molecule has 0 radical (unpaired) electrons. The average molecular weight is 480 g/mol. The molecule has 1 saturated heterocycles. The van der Waals surface area contributed by atoms with Gasteiger partial charge in [0.15, 0.2) is 0 Å². The number of para-hydroxylation sites is 1. The number of hydrogen-bond acceptors (Lipinski definition) is 5. The lowest BCUT2D eigenvalue weighted by Gasteiger charge is -2.32. The van der Waals surface area contributed by atoms with Crippen molar-refractivity contribution in [2.24, 2.45) is 5.92 Å². The number of pyridine rings is 1. The number of nitrogens with one attached hydrogen (secondary N) is 1. The monoisotopic (exact) mass is 479 g/mol. The molecular weight excluding hydrogens is 454 g/mol. The molecule has 1 N–H and O–H groups in total. The number of aromatic nitrogens is 3. The van der Waals surface area contributed by atoms with Crippen molar-refractivity contribution in [1.82, 2.24) is 19.4 Å². The van der Waals surface area contributed by atoms with Crippen molar-refractivity contribution in [2.75, 3.05) is 18.4 Å². The molecule has 0 bridgehead atoms. The zero-order valence-corrected chi connectivity index (χ0v) is 19.5. The molecule has 5 rings (SSSR count). The standard InChI is InChI=1S/C25H26ClN5O3/c26-17-7-10-21(27-14-17)29-24(33)16-4-3-13-30(15-16)23(32)12-11-22-28-20-6-2-1-5-19(20)25(34)31(22)18-8-9-18/h1-2,5-7,10,14,16,18H,3-4,8-9,11-13,15H2,(H,27,29,33). The number of carbonyl (C=O) groups is 2. The predicted molar refractivity (Wildman–Crippen MR) is 130 cm³/mol. The van der Waals surface area contributed by atoms with Crippen molar-refractivity contribution >= 4 is 40.1 Å². The Morgan fingerprint density at radius 1 is 1.12 bits per heavy atom. The molecule has 1 aliphatic carbocycles. The molecule has 1 unspecified atom stereocenters. The Morgan fingerprint density at radius 2 is 1.94 bits per heavy atom. The summed E-state index contributed by atoms with van der Waals surface area (Å²) in [4.78, 5) is 49.4. The molecule has 8 nitrogen and oxygen atoms in total. The SMILES string of the molecule is O=C(Nc1ccc(Cl)cn1)C1CCCN(C(=O)CCc2nc3ccccc3c(=O)n2C2CC2)C1. The van der Waals surface area contributed by atoms with E-state index in [0.29, 0.717) is 47.1 Å². The number of piperidine rings is 1. The number of halogens is 1. The van der Waals surface area contributed by atoms with E-state index in [0.717, 1.165) is 25.7 Å². The summed E-state index contributed by atoms with van der Waals surface area (Å²) >= 11 is 5.85. The molecule has 1 aromatic carbocycles. The molecular formula is C25H26ClN5O3. The van der Waals surface area contributed by atoms with Gasteiger partial charge in [-0.2, -0.15) is 0 Å². The van der Waals surface area contributed by atoms with Crippen LogP contribution in [0.5, 0.6) is 0 Å². The highest BCUT2D eigenvalue weighted by Crippen LogP contribution is 2.35. The van der Waals surface area contributed by atoms with Gasteiger partial charge in [-0.3, -0.25) is 19.0 Å². The molecule has 176 valence electrons. The van der Waals surface area contributed by atoms with Gasteiger partial charge >= 0.3 is 0 Å². The summed E-state index contributed by atoms with van der Waals surface area (Å²) in [5.41, 5.74) is 0.637. The highest BCUT2D eigenvalue weighted by molar-refractivity contribution is 6.30. The molecule has 34 heavy (non-hydrogen) atoms. The van der Waals surface area contributed by atoms with Gasteiger partial charge in [-0.05, 0) is 49.9 Å². The fraction of sp³-hybridized carbons (Fsp3) is 0.400. The summed E-state index contributed by atoms with van der Waals surface area (Å²) in [5, 5.41) is 3.93. The minimum Gasteiger partial charge on any atom is -0.342 e. The van der Waals surface area contributed by atoms with Crippen molar-refractivity contribution in [3.05, 3.63) is 63.8 Å². The van der Waals surface area contributed by atoms with Crippen molar-refractivity contribution in [3.8, 4) is 0 Å². The number of hydrogen-bond donors (Lipinski definition) is 1. The second-order valence-electron chi connectivity index (χ2n) is 8.98. The lowest BCUT2D eigenvalue weighted by atomic mass is 9.96. The van der Waals surface area contributed by atoms with Gasteiger partial charge in [-0.15, -0.1) is 0 Å². The van der Waals surface area contributed by atoms with Gasteiger partial charge in [0.1, 0.15) is 11.6 Å². The van der Waals surface area contributed by atoms with E-state index in [9.17, 15) is 14.4 Å². The van der Waals surface area contributed by atoms with Gasteiger partial charge in [-0.1, -0.05) is 23.7 Å². The number of aryl methyl sites for hydroxylation is 1. The van der Waals surface area contributed by atoms with E-state index in [1.807, 2.05) is 18.2 Å². The summed E-state index contributed by atoms with van der Waals surface area (Å²) in [6.07, 6.45) is 5.55. The van der Waals surface area contributed by atoms with Gasteiger partial charge in [0, 0.05) is 38.2 Å². The molecule has 0 spiro atoms. The lowest BCUT2D eigenvalue weighted by molar-refractivity contribution is -0.134. The van der Waals surface area contributed by atoms with Gasteiger partial charge in [-0.25, -0.2) is 9.97 Å². The number of nitrogens with zero attached hydrogens (tertiary/aromatic N) is 4. The van der Waals surface area contributed by atoms with E-state index < -0.39 is 0 Å². The molecule has 3 heterocycles. The highest BCUT2D eigenvalue weighted by atomic mass is 35.5. The first-order valence-corrected chi connectivity index (χ1v) is 12.1. The van der Waals surface area contributed by atoms with Crippen LogP contribution in [-0.4, -0.2) is 44.3 Å². The van der Waals surface area contributed by atoms with E-state index >= 15 is 0 Å². The van der Waals surface area contributed by atoms with E-state index in [-0.39, 0.29) is 35.8 Å². The molecule has 3 aromatic rings. The quantitative estimate of drug-likeness (QED) is 0.582. The minimum atomic E-state index is -0.293. The lowest BCUT2D eigenvalue weighted by Crippen LogP contribution is -2.44. The number of rotatable bonds is 6. The van der Waals surface area contributed by atoms with Crippen LogP contribution < -0.4 is 10.9 Å². The molecule has 2 aliphatic rings. The van der Waals surface area contributed by atoms with Gasteiger partial charge < -0.3 is 10.2 Å². The third-order valence-electron chi connectivity index (χ3n) is 6.48. The molecule has 1 atom stereocenters. The second kappa shape index (κ2) is 9.54. The molecule has 9 heteroatoms. The Bertz CT molecular complexity index is 1290. The predicted octanol–water partition coefficient (Wildman–Crippen LogP) is 3.59. The normalized spacial score (nSPS) is 18.1. The Kier molecular flexibility index (Phi) is 6.32. The zero-order chi connectivity index (χ0) is 23.7. The van der Waals surface area contributed by atoms with Crippen LogP contribution in [0.25, 0.3) is 10.9 Å². The number of amides is 2. The molecule has 2 aromatic heterocycles. The number of fused-ring (bicyclic) bond motifs is 1. The summed E-state index contributed by atoms with van der Waals surface area (Å²) in [5.74, 6) is 0.648. The van der Waals surface area contributed by atoms with E-state index in [4.69, 9.17) is 16.6 Å². The summed E-state index contributed by atoms with van der Waals surface area (Å²) in [6, 6.07) is 10.9. The Labute approximate surface area is 202 Å². The average Bonchev–Trinajstić information content (AvgIpc) is 3.69. The van der Waals surface area contributed by atoms with Crippen molar-refractivity contribution in [3.63, 3.8) is 0 Å². The van der Waals surface area contributed by atoms with Crippen LogP contribution in [-0.2, 0) is 16.0 Å². The fourth-order valence-corrected chi connectivity index (χ4v) is 4.66. The van der Waals surface area contributed by atoms with Crippen molar-refractivity contribution in [2.45, 2.75) is 44.6 Å². The first-order chi connectivity index (χ1) is 16.5. The van der Waals surface area contributed by atoms with Crippen LogP contribution in [0.3, 0.4) is 0 Å². The summed E-state index contributed by atoms with van der Waals surface area (Å²) < 4.78 is 1.78. The number of carbonyl (C=O) groups excluding carboxylic acids is 2. The number of anilines is 1. The smallest absolute Gasteiger partial charge is 0.261 e. The van der Waals surface area contributed by atoms with Crippen molar-refractivity contribution in [1.29, 1.82) is 0 Å².